The molecule has 0 unspecified atom stereocenters. The molecule has 1 aliphatic carbocycles. The maximum absolute atomic E-state index is 5.18. The maximum atomic E-state index is 5.18. The Morgan fingerprint density at radius 1 is 1.44 bits per heavy atom. The standard InChI is InChI=1S/C12H18N2OS/c1-15-8-10-7-11(16)14-12(13-10)9-5-3-2-4-6-9/h7,9H,2-6,8H2,1H3,(H,13,14,16). The average molecular weight is 238 g/mol. The van der Waals surface area contributed by atoms with Crippen LogP contribution in [0.3, 0.4) is 0 Å². The Labute approximate surface area is 101 Å². The van der Waals surface area contributed by atoms with Gasteiger partial charge >= 0.3 is 0 Å². The summed E-state index contributed by atoms with van der Waals surface area (Å²) in [5.74, 6) is 1.62. The number of nitrogens with zero attached hydrogens (tertiary/aromatic N) is 1. The Morgan fingerprint density at radius 2 is 2.19 bits per heavy atom. The molecule has 16 heavy (non-hydrogen) atoms. The molecule has 1 saturated carbocycles. The number of hydrogen-bond donors (Lipinski definition) is 1. The lowest BCUT2D eigenvalue weighted by Gasteiger charge is -2.21. The van der Waals surface area contributed by atoms with Crippen molar-refractivity contribution in [2.45, 2.75) is 44.6 Å². The van der Waals surface area contributed by atoms with Crippen LogP contribution < -0.4 is 0 Å². The summed E-state index contributed by atoms with van der Waals surface area (Å²) in [5.41, 5.74) is 1.03. The van der Waals surface area contributed by atoms with Crippen LogP contribution in [0.25, 0.3) is 0 Å². The number of hydrogen-bond acceptors (Lipinski definition) is 3. The zero-order valence-corrected chi connectivity index (χ0v) is 10.5. The number of ether oxygens (including phenoxy) is 1. The van der Waals surface area contributed by atoms with Gasteiger partial charge in [0.2, 0.25) is 0 Å². The van der Waals surface area contributed by atoms with Crippen LogP contribution in [-0.4, -0.2) is 17.1 Å². The molecule has 0 saturated heterocycles. The molecule has 1 fully saturated rings. The van der Waals surface area contributed by atoms with Gasteiger partial charge in [-0.05, 0) is 18.9 Å². The van der Waals surface area contributed by atoms with Gasteiger partial charge < -0.3 is 9.72 Å². The van der Waals surface area contributed by atoms with E-state index in [2.05, 4.69) is 9.97 Å². The highest BCUT2D eigenvalue weighted by Crippen LogP contribution is 2.30. The first kappa shape index (κ1) is 11.7. The van der Waals surface area contributed by atoms with Gasteiger partial charge in [0.15, 0.2) is 0 Å². The molecule has 88 valence electrons. The Bertz CT molecular complexity index is 396. The summed E-state index contributed by atoms with van der Waals surface area (Å²) in [5, 5.41) is 0. The van der Waals surface area contributed by atoms with E-state index in [1.165, 1.54) is 32.1 Å². The topological polar surface area (TPSA) is 37.9 Å². The molecule has 0 atom stereocenters. The molecular weight excluding hydrogens is 220 g/mol. The summed E-state index contributed by atoms with van der Waals surface area (Å²) < 4.78 is 5.79. The Kier molecular flexibility index (Phi) is 4.07. The molecular formula is C12H18N2OS. The van der Waals surface area contributed by atoms with Gasteiger partial charge in [-0.15, -0.1) is 0 Å². The second-order valence-corrected chi connectivity index (χ2v) is 4.82. The van der Waals surface area contributed by atoms with Gasteiger partial charge in [0.1, 0.15) is 10.5 Å². The van der Waals surface area contributed by atoms with Crippen molar-refractivity contribution in [3.63, 3.8) is 0 Å². The van der Waals surface area contributed by atoms with E-state index in [9.17, 15) is 0 Å². The normalized spacial score (nSPS) is 17.6. The van der Waals surface area contributed by atoms with Gasteiger partial charge in [-0.2, -0.15) is 0 Å². The van der Waals surface area contributed by atoms with Gasteiger partial charge in [-0.25, -0.2) is 4.98 Å². The summed E-state index contributed by atoms with van der Waals surface area (Å²) in [6.07, 6.45) is 6.43. The van der Waals surface area contributed by atoms with Crippen LogP contribution in [0.15, 0.2) is 6.07 Å². The number of nitrogens with one attached hydrogen (secondary N) is 1. The minimum Gasteiger partial charge on any atom is -0.378 e. The lowest BCUT2D eigenvalue weighted by molar-refractivity contribution is 0.181. The fourth-order valence-electron chi connectivity index (χ4n) is 2.33. The zero-order chi connectivity index (χ0) is 11.4. The van der Waals surface area contributed by atoms with Crippen LogP contribution in [0.1, 0.15) is 49.5 Å². The SMILES string of the molecule is COCc1cc(=S)nc(C2CCCCC2)[nH]1. The quantitative estimate of drug-likeness (QED) is 0.821. The predicted molar refractivity (Wildman–Crippen MR) is 66.0 cm³/mol. The monoisotopic (exact) mass is 238 g/mol. The van der Waals surface area contributed by atoms with E-state index in [4.69, 9.17) is 17.0 Å². The van der Waals surface area contributed by atoms with Crippen molar-refractivity contribution in [2.75, 3.05) is 7.11 Å². The van der Waals surface area contributed by atoms with Crippen LogP contribution >= 0.6 is 12.2 Å². The van der Waals surface area contributed by atoms with Gasteiger partial charge in [0.25, 0.3) is 0 Å². The minimum atomic E-state index is 0.562. The van der Waals surface area contributed by atoms with Crippen molar-refractivity contribution in [3.05, 3.63) is 22.2 Å². The van der Waals surface area contributed by atoms with Gasteiger partial charge in [0, 0.05) is 18.7 Å². The second-order valence-electron chi connectivity index (χ2n) is 4.40. The first-order chi connectivity index (χ1) is 7.79. The fourth-order valence-corrected chi connectivity index (χ4v) is 2.57. The number of rotatable bonds is 3. The van der Waals surface area contributed by atoms with E-state index in [0.717, 1.165) is 11.5 Å². The molecule has 1 aromatic heterocycles. The second kappa shape index (κ2) is 5.55. The van der Waals surface area contributed by atoms with Crippen LogP contribution in [-0.2, 0) is 11.3 Å². The van der Waals surface area contributed by atoms with Crippen molar-refractivity contribution < 1.29 is 4.74 Å². The molecule has 2 rings (SSSR count). The van der Waals surface area contributed by atoms with E-state index < -0.39 is 0 Å². The first-order valence-electron chi connectivity index (χ1n) is 5.88. The Morgan fingerprint density at radius 3 is 2.88 bits per heavy atom. The summed E-state index contributed by atoms with van der Waals surface area (Å²) in [4.78, 5) is 7.80. The van der Waals surface area contributed by atoms with Crippen molar-refractivity contribution in [2.24, 2.45) is 0 Å². The predicted octanol–water partition coefficient (Wildman–Crippen LogP) is 3.33. The summed E-state index contributed by atoms with van der Waals surface area (Å²) in [6, 6.07) is 1.88. The molecule has 0 bridgehead atoms. The van der Waals surface area contributed by atoms with Crippen molar-refractivity contribution in [1.82, 2.24) is 9.97 Å². The van der Waals surface area contributed by atoms with Crippen molar-refractivity contribution in [1.29, 1.82) is 0 Å². The van der Waals surface area contributed by atoms with E-state index in [1.807, 2.05) is 6.07 Å². The Balaban J connectivity index is 2.21. The maximum Gasteiger partial charge on any atom is 0.130 e. The number of methoxy groups -OCH3 is 1. The molecule has 1 heterocycles. The molecule has 1 N–H and O–H groups in total. The van der Waals surface area contributed by atoms with Gasteiger partial charge in [-0.1, -0.05) is 31.5 Å². The summed E-state index contributed by atoms with van der Waals surface area (Å²) in [6.45, 7) is 0.575. The van der Waals surface area contributed by atoms with E-state index in [0.29, 0.717) is 17.2 Å². The Hall–Kier alpha value is -0.740. The zero-order valence-electron chi connectivity index (χ0n) is 9.66. The molecule has 4 heteroatoms. The van der Waals surface area contributed by atoms with E-state index >= 15 is 0 Å². The third kappa shape index (κ3) is 2.89. The van der Waals surface area contributed by atoms with E-state index in [1.54, 1.807) is 7.11 Å². The number of aromatic amines is 1. The van der Waals surface area contributed by atoms with Crippen molar-refractivity contribution >= 4 is 12.2 Å². The molecule has 0 aromatic carbocycles. The third-order valence-electron chi connectivity index (χ3n) is 3.11. The van der Waals surface area contributed by atoms with Crippen LogP contribution in [0.4, 0.5) is 0 Å². The highest BCUT2D eigenvalue weighted by atomic mass is 32.1. The summed E-state index contributed by atoms with van der Waals surface area (Å²) in [7, 11) is 1.69. The molecule has 0 amide bonds. The highest BCUT2D eigenvalue weighted by Gasteiger charge is 2.17. The minimum absolute atomic E-state index is 0.562. The smallest absolute Gasteiger partial charge is 0.130 e. The molecule has 0 spiro atoms. The van der Waals surface area contributed by atoms with Gasteiger partial charge in [0.05, 0.1) is 6.61 Å². The van der Waals surface area contributed by atoms with Crippen molar-refractivity contribution in [3.8, 4) is 0 Å². The van der Waals surface area contributed by atoms with Crippen LogP contribution in [0.5, 0.6) is 0 Å². The molecule has 1 aromatic rings. The number of aromatic nitrogens is 2. The third-order valence-corrected chi connectivity index (χ3v) is 3.32. The van der Waals surface area contributed by atoms with Crippen LogP contribution in [0.2, 0.25) is 0 Å². The summed E-state index contributed by atoms with van der Waals surface area (Å²) >= 11 is 5.18. The molecule has 0 radical (unpaired) electrons. The first-order valence-corrected chi connectivity index (χ1v) is 6.29. The molecule has 3 nitrogen and oxygen atoms in total. The fraction of sp³-hybridized carbons (Fsp3) is 0.667. The largest absolute Gasteiger partial charge is 0.378 e. The molecule has 0 aliphatic heterocycles. The van der Waals surface area contributed by atoms with Crippen LogP contribution in [0, 0.1) is 4.64 Å². The number of H-pyrrole nitrogens is 1. The lowest BCUT2D eigenvalue weighted by Crippen LogP contribution is -2.10. The highest BCUT2D eigenvalue weighted by molar-refractivity contribution is 7.71. The lowest BCUT2D eigenvalue weighted by atomic mass is 9.89. The van der Waals surface area contributed by atoms with Gasteiger partial charge in [-0.3, -0.25) is 0 Å². The van der Waals surface area contributed by atoms with E-state index in [-0.39, 0.29) is 0 Å². The molecule has 1 aliphatic rings. The average Bonchev–Trinajstić information content (AvgIpc) is 2.30.